The van der Waals surface area contributed by atoms with Crippen LogP contribution in [0.5, 0.6) is 11.5 Å². The van der Waals surface area contributed by atoms with Crippen LogP contribution in [0, 0.1) is 5.82 Å². The lowest BCUT2D eigenvalue weighted by Gasteiger charge is -2.22. The minimum atomic E-state index is -0.452. The highest BCUT2D eigenvalue weighted by Gasteiger charge is 2.16. The topological polar surface area (TPSA) is 148 Å². The van der Waals surface area contributed by atoms with Crippen LogP contribution in [-0.2, 0) is 16.0 Å². The number of methoxy groups -OCH3 is 1. The average molecular weight is 627 g/mol. The number of aliphatic hydroxyl groups excluding tert-OH is 1. The summed E-state index contributed by atoms with van der Waals surface area (Å²) < 4.78 is 30.1. The number of ether oxygens (including phenoxy) is 3. The van der Waals surface area contributed by atoms with Gasteiger partial charge in [0.2, 0.25) is 5.91 Å². The molecule has 2 aromatic heterocycles. The molecule has 2 heterocycles. The summed E-state index contributed by atoms with van der Waals surface area (Å²) >= 11 is 1.30. The number of carbonyl (C=O) groups excluding carboxylic acids is 2. The summed E-state index contributed by atoms with van der Waals surface area (Å²) in [7, 11) is 1.54. The first-order chi connectivity index (χ1) is 21.4. The first kappa shape index (κ1) is 32.4. The number of halogens is 1. The van der Waals surface area contributed by atoms with Crippen molar-refractivity contribution in [3.05, 3.63) is 59.6 Å². The molecule has 4 rings (SSSR count). The fourth-order valence-corrected chi connectivity index (χ4v) is 5.03. The van der Waals surface area contributed by atoms with Crippen LogP contribution < -0.4 is 20.1 Å². The highest BCUT2D eigenvalue weighted by Crippen LogP contribution is 2.35. The van der Waals surface area contributed by atoms with E-state index in [1.807, 2.05) is 6.92 Å². The van der Waals surface area contributed by atoms with Crippen LogP contribution >= 0.6 is 11.3 Å². The maximum Gasteiger partial charge on any atom is 0.409 e. The van der Waals surface area contributed by atoms with Crippen molar-refractivity contribution in [2.75, 3.05) is 50.7 Å². The highest BCUT2D eigenvalue weighted by atomic mass is 32.1. The van der Waals surface area contributed by atoms with Crippen molar-refractivity contribution < 1.29 is 33.3 Å². The predicted octanol–water partition coefficient (Wildman–Crippen LogP) is 5.16. The second kappa shape index (κ2) is 16.3. The van der Waals surface area contributed by atoms with Gasteiger partial charge in [-0.25, -0.2) is 24.1 Å². The number of nitrogens with zero attached hydrogens (tertiary/aromatic N) is 4. The smallest absolute Gasteiger partial charge is 0.409 e. The predicted molar refractivity (Wildman–Crippen MR) is 165 cm³/mol. The molecule has 4 aromatic rings. The Morgan fingerprint density at radius 1 is 1.07 bits per heavy atom. The maximum absolute atomic E-state index is 13.4. The van der Waals surface area contributed by atoms with Gasteiger partial charge in [-0.3, -0.25) is 4.79 Å². The molecule has 0 aliphatic carbocycles. The number of nitrogens with one attached hydrogen (secondary N) is 2. The molecule has 2 amide bonds. The first-order valence-electron chi connectivity index (χ1n) is 14.2. The SMILES string of the molecule is CCCCN(CCCOc1cc2ncnc(Nc3ncc(CC(=O)Nc4cccc(F)c4)s3)c2cc1OC)C(=O)OCCO. The lowest BCUT2D eigenvalue weighted by Crippen LogP contribution is -2.34. The normalized spacial score (nSPS) is 10.8. The Bertz CT molecular complexity index is 1550. The van der Waals surface area contributed by atoms with Crippen LogP contribution in [0.15, 0.2) is 48.9 Å². The Kier molecular flexibility index (Phi) is 12.0. The van der Waals surface area contributed by atoms with E-state index in [4.69, 9.17) is 19.3 Å². The van der Waals surface area contributed by atoms with Gasteiger partial charge in [0.15, 0.2) is 16.6 Å². The molecule has 0 fully saturated rings. The number of thiazole rings is 1. The van der Waals surface area contributed by atoms with Crippen LogP contribution in [0.25, 0.3) is 10.9 Å². The van der Waals surface area contributed by atoms with Gasteiger partial charge in [0.25, 0.3) is 0 Å². The molecule has 0 spiro atoms. The minimum absolute atomic E-state index is 0.0379. The second-order valence-corrected chi connectivity index (χ2v) is 10.7. The molecule has 2 aromatic carbocycles. The summed E-state index contributed by atoms with van der Waals surface area (Å²) in [6, 6.07) is 9.24. The molecule has 0 aliphatic heterocycles. The molecule has 0 aliphatic rings. The van der Waals surface area contributed by atoms with Gasteiger partial charge in [0.05, 0.1) is 32.3 Å². The van der Waals surface area contributed by atoms with E-state index in [9.17, 15) is 14.0 Å². The number of amides is 2. The van der Waals surface area contributed by atoms with Crippen molar-refractivity contribution in [1.82, 2.24) is 19.9 Å². The zero-order chi connectivity index (χ0) is 31.3. The van der Waals surface area contributed by atoms with Gasteiger partial charge >= 0.3 is 6.09 Å². The average Bonchev–Trinajstić information content (AvgIpc) is 3.45. The largest absolute Gasteiger partial charge is 0.493 e. The van der Waals surface area contributed by atoms with Crippen LogP contribution in [0.2, 0.25) is 0 Å². The Morgan fingerprint density at radius 3 is 2.68 bits per heavy atom. The van der Waals surface area contributed by atoms with Crippen molar-refractivity contribution in [1.29, 1.82) is 0 Å². The molecule has 0 bridgehead atoms. The van der Waals surface area contributed by atoms with Crippen LogP contribution in [-0.4, -0.2) is 77.0 Å². The Hall–Kier alpha value is -4.56. The van der Waals surface area contributed by atoms with E-state index < -0.39 is 11.9 Å². The van der Waals surface area contributed by atoms with Gasteiger partial charge < -0.3 is 34.9 Å². The number of aliphatic hydroxyl groups is 1. The molecule has 0 unspecified atom stereocenters. The van der Waals surface area contributed by atoms with E-state index in [0.717, 1.165) is 12.8 Å². The number of anilines is 3. The van der Waals surface area contributed by atoms with E-state index in [1.54, 1.807) is 29.3 Å². The van der Waals surface area contributed by atoms with Gasteiger partial charge in [-0.2, -0.15) is 0 Å². The molecule has 12 nitrogen and oxygen atoms in total. The van der Waals surface area contributed by atoms with Gasteiger partial charge in [0.1, 0.15) is 24.6 Å². The summed E-state index contributed by atoms with van der Waals surface area (Å²) in [5.41, 5.74) is 0.997. The van der Waals surface area contributed by atoms with E-state index in [0.29, 0.717) is 70.0 Å². The molecule has 3 N–H and O–H groups in total. The maximum atomic E-state index is 13.4. The second-order valence-electron chi connectivity index (χ2n) is 9.62. The van der Waals surface area contributed by atoms with Gasteiger partial charge in [0, 0.05) is 41.3 Å². The monoisotopic (exact) mass is 626 g/mol. The quantitative estimate of drug-likeness (QED) is 0.143. The number of benzene rings is 2. The third kappa shape index (κ3) is 9.22. The number of aromatic nitrogens is 3. The number of rotatable bonds is 16. The third-order valence-corrected chi connectivity index (χ3v) is 7.24. The Balaban J connectivity index is 1.38. The molecule has 0 saturated heterocycles. The van der Waals surface area contributed by atoms with Crippen molar-refractivity contribution in [3.63, 3.8) is 0 Å². The molecule has 0 atom stereocenters. The van der Waals surface area contributed by atoms with E-state index in [-0.39, 0.29) is 25.5 Å². The summed E-state index contributed by atoms with van der Waals surface area (Å²) in [6.07, 6.45) is 4.99. The number of hydrogen-bond donors (Lipinski definition) is 3. The molecule has 44 heavy (non-hydrogen) atoms. The lowest BCUT2D eigenvalue weighted by molar-refractivity contribution is -0.115. The fraction of sp³-hybridized carbons (Fsp3) is 0.367. The minimum Gasteiger partial charge on any atom is -0.493 e. The molecular weight excluding hydrogens is 591 g/mol. The van der Waals surface area contributed by atoms with E-state index in [1.165, 1.54) is 43.0 Å². The number of unbranched alkanes of at least 4 members (excludes halogenated alkanes) is 1. The van der Waals surface area contributed by atoms with E-state index in [2.05, 4.69) is 25.6 Å². The first-order valence-corrected chi connectivity index (χ1v) is 15.0. The van der Waals surface area contributed by atoms with E-state index >= 15 is 0 Å². The molecule has 0 saturated carbocycles. The standard InChI is InChI=1S/C30H35FN6O6S/c1-3-4-9-37(30(40)43-13-11-38)10-6-12-42-26-17-24-23(16-25(26)41-2)28(34-19-33-24)36-29-32-18-22(44-29)15-27(39)35-21-8-5-7-20(31)14-21/h5,7-8,14,16-19,38H,3-4,6,9-13,15H2,1-2H3,(H,35,39)(H,32,33,34,36). The molecule has 0 radical (unpaired) electrons. The number of carbonyl (C=O) groups is 2. The summed E-state index contributed by atoms with van der Waals surface area (Å²) in [4.78, 5) is 40.1. The van der Waals surface area contributed by atoms with Crippen molar-refractivity contribution in [2.24, 2.45) is 0 Å². The highest BCUT2D eigenvalue weighted by molar-refractivity contribution is 7.15. The van der Waals surface area contributed by atoms with Crippen LogP contribution in [0.1, 0.15) is 31.1 Å². The summed E-state index contributed by atoms with van der Waals surface area (Å²) in [5, 5.41) is 16.0. The zero-order valence-corrected chi connectivity index (χ0v) is 25.4. The number of fused-ring (bicyclic) bond motifs is 1. The van der Waals surface area contributed by atoms with Crippen molar-refractivity contribution >= 4 is 50.9 Å². The van der Waals surface area contributed by atoms with Crippen molar-refractivity contribution in [3.8, 4) is 11.5 Å². The Morgan fingerprint density at radius 2 is 1.91 bits per heavy atom. The lowest BCUT2D eigenvalue weighted by atomic mass is 10.2. The van der Waals surface area contributed by atoms with Gasteiger partial charge in [-0.15, -0.1) is 11.3 Å². The third-order valence-electron chi connectivity index (χ3n) is 6.33. The summed E-state index contributed by atoms with van der Waals surface area (Å²) in [6.45, 7) is 3.12. The molecular formula is C30H35FN6O6S. The van der Waals surface area contributed by atoms with Gasteiger partial charge in [-0.05, 0) is 37.1 Å². The molecule has 14 heteroatoms. The fourth-order valence-electron chi connectivity index (χ4n) is 4.22. The Labute approximate surface area is 258 Å². The molecule has 234 valence electrons. The van der Waals surface area contributed by atoms with Crippen LogP contribution in [0.4, 0.5) is 25.8 Å². The van der Waals surface area contributed by atoms with Crippen molar-refractivity contribution in [2.45, 2.75) is 32.6 Å². The zero-order valence-electron chi connectivity index (χ0n) is 24.5. The summed E-state index contributed by atoms with van der Waals surface area (Å²) in [5.74, 6) is 0.759. The van der Waals surface area contributed by atoms with Gasteiger partial charge in [-0.1, -0.05) is 19.4 Å². The number of hydrogen-bond acceptors (Lipinski definition) is 11. The van der Waals surface area contributed by atoms with Crippen LogP contribution in [0.3, 0.4) is 0 Å².